The fourth-order valence-electron chi connectivity index (χ4n) is 4.48. The van der Waals surface area contributed by atoms with Crippen molar-refractivity contribution in [2.45, 2.75) is 57.5 Å². The van der Waals surface area contributed by atoms with Gasteiger partial charge in [-0.2, -0.15) is 0 Å². The van der Waals surface area contributed by atoms with Crippen LogP contribution < -0.4 is 19.1 Å². The molecule has 3 aromatic rings. The first-order chi connectivity index (χ1) is 20.2. The van der Waals surface area contributed by atoms with Crippen LogP contribution in [0.3, 0.4) is 0 Å². The summed E-state index contributed by atoms with van der Waals surface area (Å²) in [5.74, 6) is 0.442. The van der Waals surface area contributed by atoms with Crippen molar-refractivity contribution in [3.05, 3.63) is 84.4 Å². The van der Waals surface area contributed by atoms with E-state index in [1.807, 2.05) is 32.9 Å². The quantitative estimate of drug-likeness (QED) is 0.234. The lowest BCUT2D eigenvalue weighted by Gasteiger charge is -2.33. The number of amides is 2. The van der Waals surface area contributed by atoms with E-state index in [4.69, 9.17) is 9.47 Å². The van der Waals surface area contributed by atoms with E-state index in [1.165, 1.54) is 17.0 Å². The van der Waals surface area contributed by atoms with Gasteiger partial charge in [0.05, 0.1) is 24.3 Å². The Labute approximate surface area is 249 Å². The Bertz CT molecular complexity index is 1380. The van der Waals surface area contributed by atoms with Crippen LogP contribution in [-0.2, 0) is 26.2 Å². The smallest absolute Gasteiger partial charge is 0.264 e. The molecule has 1 N–H and O–H groups in total. The first-order valence-corrected chi connectivity index (χ1v) is 15.7. The van der Waals surface area contributed by atoms with Crippen LogP contribution in [-0.4, -0.2) is 58.0 Å². The van der Waals surface area contributed by atoms with Crippen molar-refractivity contribution in [2.75, 3.05) is 31.1 Å². The molecule has 3 rings (SSSR count). The van der Waals surface area contributed by atoms with Crippen molar-refractivity contribution in [3.8, 4) is 11.5 Å². The summed E-state index contributed by atoms with van der Waals surface area (Å²) in [6.07, 6.45) is 2.09. The lowest BCUT2D eigenvalue weighted by atomic mass is 10.1. The van der Waals surface area contributed by atoms with Crippen LogP contribution in [0.1, 0.15) is 45.6 Å². The summed E-state index contributed by atoms with van der Waals surface area (Å²) in [7, 11) is -2.58. The van der Waals surface area contributed by atoms with Crippen molar-refractivity contribution < 1.29 is 27.5 Å². The Morgan fingerprint density at radius 1 is 0.881 bits per heavy atom. The van der Waals surface area contributed by atoms with Gasteiger partial charge >= 0.3 is 0 Å². The highest BCUT2D eigenvalue weighted by molar-refractivity contribution is 7.92. The molecular weight excluding hydrogens is 554 g/mol. The third-order valence-corrected chi connectivity index (χ3v) is 8.56. The minimum Gasteiger partial charge on any atom is -0.497 e. The van der Waals surface area contributed by atoms with Crippen molar-refractivity contribution in [3.63, 3.8) is 0 Å². The predicted molar refractivity (Wildman–Crippen MR) is 164 cm³/mol. The first kappa shape index (κ1) is 32.5. The number of hydrogen-bond acceptors (Lipinski definition) is 6. The lowest BCUT2D eigenvalue weighted by molar-refractivity contribution is -0.140. The number of sulfonamides is 1. The van der Waals surface area contributed by atoms with E-state index >= 15 is 0 Å². The van der Waals surface area contributed by atoms with Gasteiger partial charge in [0.25, 0.3) is 10.0 Å². The highest BCUT2D eigenvalue weighted by Crippen LogP contribution is 2.26. The predicted octanol–water partition coefficient (Wildman–Crippen LogP) is 5.01. The van der Waals surface area contributed by atoms with E-state index in [9.17, 15) is 18.0 Å². The van der Waals surface area contributed by atoms with Crippen molar-refractivity contribution in [1.29, 1.82) is 0 Å². The molecular formula is C32H41N3O6S. The molecule has 0 bridgehead atoms. The molecule has 2 amide bonds. The molecule has 0 spiro atoms. The minimum absolute atomic E-state index is 0.0219. The molecule has 0 heterocycles. The number of ether oxygens (including phenoxy) is 2. The number of nitrogens with zero attached hydrogens (tertiary/aromatic N) is 2. The van der Waals surface area contributed by atoms with Gasteiger partial charge in [-0.3, -0.25) is 13.9 Å². The van der Waals surface area contributed by atoms with Crippen LogP contribution in [0.25, 0.3) is 0 Å². The Balaban J connectivity index is 1.99. The molecule has 3 aromatic carbocycles. The van der Waals surface area contributed by atoms with E-state index in [0.717, 1.165) is 22.7 Å². The second-order valence-corrected chi connectivity index (χ2v) is 11.6. The largest absolute Gasteiger partial charge is 0.497 e. The number of rotatable bonds is 16. The number of carbonyl (C=O) groups excluding carboxylic acids is 2. The molecule has 0 aromatic heterocycles. The summed E-state index contributed by atoms with van der Waals surface area (Å²) in [4.78, 5) is 28.9. The SMILES string of the molecule is CCCCNC(=O)[C@@H](CC)N(Cc1ccc(OC)cc1)C(=O)CN(c1ccccc1)S(=O)(=O)c1ccc(OCC)cc1. The lowest BCUT2D eigenvalue weighted by Crippen LogP contribution is -2.52. The second-order valence-electron chi connectivity index (χ2n) is 9.69. The summed E-state index contributed by atoms with van der Waals surface area (Å²) in [5.41, 5.74) is 1.12. The van der Waals surface area contributed by atoms with E-state index < -0.39 is 28.5 Å². The number of hydrogen-bond donors (Lipinski definition) is 1. The number of anilines is 1. The minimum atomic E-state index is -4.15. The molecule has 226 valence electrons. The molecule has 0 saturated heterocycles. The van der Waals surface area contributed by atoms with Gasteiger partial charge in [0, 0.05) is 13.1 Å². The maximum absolute atomic E-state index is 14.1. The molecule has 0 fully saturated rings. The van der Waals surface area contributed by atoms with E-state index in [1.54, 1.807) is 61.7 Å². The number of carbonyl (C=O) groups is 2. The maximum Gasteiger partial charge on any atom is 0.264 e. The van der Waals surface area contributed by atoms with Gasteiger partial charge in [-0.25, -0.2) is 8.42 Å². The topological polar surface area (TPSA) is 105 Å². The third kappa shape index (κ3) is 8.48. The number of nitrogens with one attached hydrogen (secondary N) is 1. The average molecular weight is 596 g/mol. The fraction of sp³-hybridized carbons (Fsp3) is 0.375. The maximum atomic E-state index is 14.1. The summed E-state index contributed by atoms with van der Waals surface area (Å²) >= 11 is 0. The summed E-state index contributed by atoms with van der Waals surface area (Å²) < 4.78 is 39.7. The number of para-hydroxylation sites is 1. The Hall–Kier alpha value is -4.05. The normalized spacial score (nSPS) is 11.8. The molecule has 0 radical (unpaired) electrons. The van der Waals surface area contributed by atoms with E-state index in [-0.39, 0.29) is 17.3 Å². The highest BCUT2D eigenvalue weighted by atomic mass is 32.2. The van der Waals surface area contributed by atoms with E-state index in [2.05, 4.69) is 5.32 Å². The van der Waals surface area contributed by atoms with Gasteiger partial charge in [-0.1, -0.05) is 50.6 Å². The van der Waals surface area contributed by atoms with Crippen LogP contribution >= 0.6 is 0 Å². The Kier molecular flexibility index (Phi) is 12.2. The van der Waals surface area contributed by atoms with Crippen molar-refractivity contribution in [2.24, 2.45) is 0 Å². The Morgan fingerprint density at radius 3 is 2.10 bits per heavy atom. The zero-order valence-corrected chi connectivity index (χ0v) is 25.6. The molecule has 42 heavy (non-hydrogen) atoms. The average Bonchev–Trinajstić information content (AvgIpc) is 3.01. The third-order valence-electron chi connectivity index (χ3n) is 6.77. The molecule has 9 nitrogen and oxygen atoms in total. The Morgan fingerprint density at radius 2 is 1.52 bits per heavy atom. The zero-order chi connectivity index (χ0) is 30.5. The van der Waals surface area contributed by atoms with Crippen LogP contribution in [0.15, 0.2) is 83.8 Å². The standard InChI is InChI=1S/C32H41N3O6S/c1-5-8-22-33-32(37)30(6-2)34(23-25-14-16-27(40-4)17-15-25)31(36)24-35(26-12-10-9-11-13-26)42(38,39)29-20-18-28(19-21-29)41-7-3/h9-21,30H,5-8,22-24H2,1-4H3,(H,33,37)/t30-/m1/s1. The fourth-order valence-corrected chi connectivity index (χ4v) is 5.89. The molecule has 1 atom stereocenters. The van der Waals surface area contributed by atoms with Crippen molar-refractivity contribution in [1.82, 2.24) is 10.2 Å². The highest BCUT2D eigenvalue weighted by Gasteiger charge is 2.33. The summed E-state index contributed by atoms with van der Waals surface area (Å²) in [5, 5.41) is 2.93. The first-order valence-electron chi connectivity index (χ1n) is 14.3. The number of methoxy groups -OCH3 is 1. The summed E-state index contributed by atoms with van der Waals surface area (Å²) in [6.45, 7) is 6.29. The van der Waals surface area contributed by atoms with Crippen LogP contribution in [0.4, 0.5) is 5.69 Å². The molecule has 0 aliphatic rings. The number of benzene rings is 3. The van der Waals surface area contributed by atoms with Crippen molar-refractivity contribution >= 4 is 27.5 Å². The van der Waals surface area contributed by atoms with Crippen LogP contribution in [0.2, 0.25) is 0 Å². The molecule has 0 aliphatic carbocycles. The van der Waals surface area contributed by atoms with Gasteiger partial charge in [0.1, 0.15) is 24.1 Å². The zero-order valence-electron chi connectivity index (χ0n) is 24.8. The molecule has 0 unspecified atom stereocenters. The molecule has 0 aliphatic heterocycles. The van der Waals surface area contributed by atoms with Gasteiger partial charge in [0.2, 0.25) is 11.8 Å². The van der Waals surface area contributed by atoms with Gasteiger partial charge < -0.3 is 19.7 Å². The summed E-state index contributed by atoms with van der Waals surface area (Å²) in [6, 6.07) is 21.0. The van der Waals surface area contributed by atoms with Crippen LogP contribution in [0, 0.1) is 0 Å². The second kappa shape index (κ2) is 15.8. The van der Waals surface area contributed by atoms with Gasteiger partial charge in [-0.15, -0.1) is 0 Å². The van der Waals surface area contributed by atoms with Gasteiger partial charge in [0.15, 0.2) is 0 Å². The van der Waals surface area contributed by atoms with E-state index in [0.29, 0.717) is 36.8 Å². The van der Waals surface area contributed by atoms with Gasteiger partial charge in [-0.05, 0) is 73.9 Å². The monoisotopic (exact) mass is 595 g/mol. The van der Waals surface area contributed by atoms with Crippen LogP contribution in [0.5, 0.6) is 11.5 Å². The number of unbranched alkanes of at least 4 members (excludes halogenated alkanes) is 1. The molecule has 10 heteroatoms. The molecule has 0 saturated carbocycles.